The van der Waals surface area contributed by atoms with Crippen LogP contribution in [0.3, 0.4) is 0 Å². The van der Waals surface area contributed by atoms with Crippen LogP contribution in [0.25, 0.3) is 0 Å². The van der Waals surface area contributed by atoms with Gasteiger partial charge in [-0.3, -0.25) is 4.79 Å². The standard InChI is InChI=1S/C18H15ClN4O2/c1-25-13-8-6-12(7-9-13)21-18-20-11-10-16(23-18)17(24)22-15-5-3-2-4-14(15)19/h2-11H,1H3,(H,22,24)(H,20,21,23). The van der Waals surface area contributed by atoms with Crippen LogP contribution in [0.4, 0.5) is 17.3 Å². The minimum Gasteiger partial charge on any atom is -0.497 e. The summed E-state index contributed by atoms with van der Waals surface area (Å²) in [5.41, 5.74) is 1.54. The Balaban J connectivity index is 1.74. The lowest BCUT2D eigenvalue weighted by molar-refractivity contribution is 0.102. The molecule has 6 nitrogen and oxygen atoms in total. The Kier molecular flexibility index (Phi) is 5.11. The van der Waals surface area contributed by atoms with Crippen molar-refractivity contribution < 1.29 is 9.53 Å². The van der Waals surface area contributed by atoms with E-state index < -0.39 is 0 Å². The molecule has 0 unspecified atom stereocenters. The van der Waals surface area contributed by atoms with Gasteiger partial charge < -0.3 is 15.4 Å². The van der Waals surface area contributed by atoms with Gasteiger partial charge in [-0.15, -0.1) is 0 Å². The quantitative estimate of drug-likeness (QED) is 0.720. The zero-order chi connectivity index (χ0) is 17.6. The summed E-state index contributed by atoms with van der Waals surface area (Å²) in [7, 11) is 1.60. The third-order valence-corrected chi connectivity index (χ3v) is 3.69. The van der Waals surface area contributed by atoms with E-state index in [0.29, 0.717) is 16.7 Å². The lowest BCUT2D eigenvalue weighted by Gasteiger charge is -2.08. The Bertz CT molecular complexity index is 884. The maximum Gasteiger partial charge on any atom is 0.274 e. The highest BCUT2D eigenvalue weighted by Gasteiger charge is 2.11. The second-order valence-electron chi connectivity index (χ2n) is 5.05. The van der Waals surface area contributed by atoms with E-state index in [-0.39, 0.29) is 11.6 Å². The number of nitrogens with one attached hydrogen (secondary N) is 2. The number of ether oxygens (including phenoxy) is 1. The molecule has 0 radical (unpaired) electrons. The summed E-state index contributed by atoms with van der Waals surface area (Å²) < 4.78 is 5.11. The normalized spacial score (nSPS) is 10.2. The highest BCUT2D eigenvalue weighted by molar-refractivity contribution is 6.33. The highest BCUT2D eigenvalue weighted by atomic mass is 35.5. The maximum atomic E-state index is 12.4. The highest BCUT2D eigenvalue weighted by Crippen LogP contribution is 2.21. The van der Waals surface area contributed by atoms with Crippen LogP contribution in [0.2, 0.25) is 5.02 Å². The van der Waals surface area contributed by atoms with Gasteiger partial charge >= 0.3 is 0 Å². The number of para-hydroxylation sites is 1. The van der Waals surface area contributed by atoms with Crippen molar-refractivity contribution in [3.05, 3.63) is 71.5 Å². The number of amides is 1. The molecule has 1 amide bonds. The molecular weight excluding hydrogens is 340 g/mol. The van der Waals surface area contributed by atoms with Gasteiger partial charge in [-0.05, 0) is 42.5 Å². The van der Waals surface area contributed by atoms with Crippen molar-refractivity contribution in [1.29, 1.82) is 0 Å². The van der Waals surface area contributed by atoms with Gasteiger partial charge in [-0.1, -0.05) is 23.7 Å². The van der Waals surface area contributed by atoms with Crippen molar-refractivity contribution in [1.82, 2.24) is 9.97 Å². The van der Waals surface area contributed by atoms with Crippen molar-refractivity contribution >= 4 is 34.8 Å². The van der Waals surface area contributed by atoms with Crippen molar-refractivity contribution in [2.45, 2.75) is 0 Å². The summed E-state index contributed by atoms with van der Waals surface area (Å²) in [5, 5.41) is 6.23. The number of methoxy groups -OCH3 is 1. The van der Waals surface area contributed by atoms with Gasteiger partial charge in [0.25, 0.3) is 5.91 Å². The molecule has 7 heteroatoms. The molecule has 2 N–H and O–H groups in total. The van der Waals surface area contributed by atoms with E-state index in [1.807, 2.05) is 24.3 Å². The summed E-state index contributed by atoms with van der Waals surface area (Å²) in [4.78, 5) is 20.7. The second kappa shape index (κ2) is 7.63. The number of halogens is 1. The molecule has 1 aromatic heterocycles. The molecule has 2 aromatic carbocycles. The van der Waals surface area contributed by atoms with Gasteiger partial charge in [-0.2, -0.15) is 0 Å². The third kappa shape index (κ3) is 4.24. The van der Waals surface area contributed by atoms with Crippen molar-refractivity contribution in [3.8, 4) is 5.75 Å². The molecule has 0 atom stereocenters. The molecule has 1 heterocycles. The first-order chi connectivity index (χ1) is 12.2. The molecular formula is C18H15ClN4O2. The molecule has 25 heavy (non-hydrogen) atoms. The summed E-state index contributed by atoms with van der Waals surface area (Å²) >= 11 is 6.05. The Morgan fingerprint density at radius 3 is 2.56 bits per heavy atom. The first-order valence-electron chi connectivity index (χ1n) is 7.46. The van der Waals surface area contributed by atoms with E-state index in [0.717, 1.165) is 11.4 Å². The van der Waals surface area contributed by atoms with Crippen LogP contribution in [0, 0.1) is 0 Å². The zero-order valence-corrected chi connectivity index (χ0v) is 14.1. The first-order valence-corrected chi connectivity index (χ1v) is 7.83. The lowest BCUT2D eigenvalue weighted by atomic mass is 10.3. The van der Waals surface area contributed by atoms with Crippen molar-refractivity contribution in [3.63, 3.8) is 0 Å². The van der Waals surface area contributed by atoms with Crippen LogP contribution in [0.1, 0.15) is 10.5 Å². The van der Waals surface area contributed by atoms with Gasteiger partial charge in [0, 0.05) is 11.9 Å². The van der Waals surface area contributed by atoms with Crippen molar-refractivity contribution in [2.75, 3.05) is 17.7 Å². The summed E-state index contributed by atoms with van der Waals surface area (Å²) in [5.74, 6) is 0.699. The molecule has 0 fully saturated rings. The number of nitrogens with zero attached hydrogens (tertiary/aromatic N) is 2. The Labute approximate surface area is 149 Å². The monoisotopic (exact) mass is 354 g/mol. The number of anilines is 3. The number of hydrogen-bond acceptors (Lipinski definition) is 5. The van der Waals surface area contributed by atoms with Gasteiger partial charge in [0.15, 0.2) is 0 Å². The summed E-state index contributed by atoms with van der Waals surface area (Å²) in [6, 6.07) is 15.8. The average Bonchev–Trinajstić information content (AvgIpc) is 2.64. The van der Waals surface area contributed by atoms with Crippen LogP contribution < -0.4 is 15.4 Å². The van der Waals surface area contributed by atoms with Crippen LogP contribution >= 0.6 is 11.6 Å². The molecule has 0 saturated heterocycles. The van der Waals surface area contributed by atoms with E-state index in [1.54, 1.807) is 31.4 Å². The average molecular weight is 355 g/mol. The fourth-order valence-electron chi connectivity index (χ4n) is 2.10. The number of rotatable bonds is 5. The first kappa shape index (κ1) is 16.7. The number of aromatic nitrogens is 2. The smallest absolute Gasteiger partial charge is 0.274 e. The van der Waals surface area contributed by atoms with Gasteiger partial charge in [0.1, 0.15) is 11.4 Å². The molecule has 3 aromatic rings. The van der Waals surface area contributed by atoms with Gasteiger partial charge in [0.2, 0.25) is 5.95 Å². The minimum atomic E-state index is -0.367. The molecule has 0 spiro atoms. The van der Waals surface area contributed by atoms with Gasteiger partial charge in [0.05, 0.1) is 17.8 Å². The van der Waals surface area contributed by atoms with Crippen molar-refractivity contribution in [2.24, 2.45) is 0 Å². The van der Waals surface area contributed by atoms with Gasteiger partial charge in [-0.25, -0.2) is 9.97 Å². The molecule has 0 aliphatic carbocycles. The largest absolute Gasteiger partial charge is 0.497 e. The van der Waals surface area contributed by atoms with E-state index in [1.165, 1.54) is 12.3 Å². The lowest BCUT2D eigenvalue weighted by Crippen LogP contribution is -2.15. The van der Waals surface area contributed by atoms with Crippen LogP contribution in [-0.2, 0) is 0 Å². The Morgan fingerprint density at radius 1 is 1.08 bits per heavy atom. The fraction of sp³-hybridized carbons (Fsp3) is 0.0556. The fourth-order valence-corrected chi connectivity index (χ4v) is 2.28. The number of benzene rings is 2. The van der Waals surface area contributed by atoms with E-state index in [9.17, 15) is 4.79 Å². The third-order valence-electron chi connectivity index (χ3n) is 3.36. The molecule has 0 aliphatic heterocycles. The number of carbonyl (C=O) groups is 1. The molecule has 3 rings (SSSR count). The van der Waals surface area contributed by atoms with E-state index in [2.05, 4.69) is 20.6 Å². The van der Waals surface area contributed by atoms with E-state index in [4.69, 9.17) is 16.3 Å². The topological polar surface area (TPSA) is 76.1 Å². The van der Waals surface area contributed by atoms with Crippen LogP contribution in [-0.4, -0.2) is 23.0 Å². The van der Waals surface area contributed by atoms with E-state index >= 15 is 0 Å². The predicted octanol–water partition coefficient (Wildman–Crippen LogP) is 4.13. The maximum absolute atomic E-state index is 12.4. The Morgan fingerprint density at radius 2 is 1.84 bits per heavy atom. The number of hydrogen-bond donors (Lipinski definition) is 2. The molecule has 0 bridgehead atoms. The molecule has 0 aliphatic rings. The molecule has 0 saturated carbocycles. The number of carbonyl (C=O) groups excluding carboxylic acids is 1. The SMILES string of the molecule is COc1ccc(Nc2nccc(C(=O)Nc3ccccc3Cl)n2)cc1. The van der Waals surface area contributed by atoms with Crippen LogP contribution in [0.5, 0.6) is 5.75 Å². The molecule has 126 valence electrons. The summed E-state index contributed by atoms with van der Waals surface area (Å²) in [6.45, 7) is 0. The second-order valence-corrected chi connectivity index (χ2v) is 5.46. The minimum absolute atomic E-state index is 0.228. The predicted molar refractivity (Wildman–Crippen MR) is 97.7 cm³/mol. The summed E-state index contributed by atoms with van der Waals surface area (Å²) in [6.07, 6.45) is 1.51. The zero-order valence-electron chi connectivity index (χ0n) is 13.4. The van der Waals surface area contributed by atoms with Crippen LogP contribution in [0.15, 0.2) is 60.8 Å². The Hall–Kier alpha value is -3.12.